The highest BCUT2D eigenvalue weighted by Crippen LogP contribution is 2.19. The van der Waals surface area contributed by atoms with Gasteiger partial charge in [0.05, 0.1) is 12.9 Å². The quantitative estimate of drug-likeness (QED) is 0.567. The van der Waals surface area contributed by atoms with Crippen LogP contribution >= 0.6 is 0 Å². The highest BCUT2D eigenvalue weighted by Gasteiger charge is 2.01. The Hall–Kier alpha value is -3.20. The minimum absolute atomic E-state index is 0.566. The summed E-state index contributed by atoms with van der Waals surface area (Å²) in [7, 11) is 0. The van der Waals surface area contributed by atoms with Crippen molar-refractivity contribution in [2.24, 2.45) is 15.7 Å². The van der Waals surface area contributed by atoms with E-state index in [-0.39, 0.29) is 0 Å². The maximum atomic E-state index is 5.45. The van der Waals surface area contributed by atoms with Crippen LogP contribution in [-0.2, 0) is 6.54 Å². The van der Waals surface area contributed by atoms with Gasteiger partial charge >= 0.3 is 0 Å². The zero-order chi connectivity index (χ0) is 16.6. The molecule has 0 spiro atoms. The van der Waals surface area contributed by atoms with Crippen molar-refractivity contribution >= 4 is 12.2 Å². The van der Waals surface area contributed by atoms with Gasteiger partial charge in [0.1, 0.15) is 0 Å². The highest BCUT2D eigenvalue weighted by molar-refractivity contribution is 6.02. The van der Waals surface area contributed by atoms with Crippen LogP contribution in [0, 0.1) is 0 Å². The summed E-state index contributed by atoms with van der Waals surface area (Å²) in [5.74, 6) is 0.644. The normalized spacial score (nSPS) is 11.8. The van der Waals surface area contributed by atoms with Gasteiger partial charge in [0.15, 0.2) is 5.84 Å². The third-order valence-corrected chi connectivity index (χ3v) is 3.70. The molecule has 0 fully saturated rings. The molecule has 0 radical (unpaired) electrons. The number of hydrogen-bond acceptors (Lipinski definition) is 1. The zero-order valence-corrected chi connectivity index (χ0v) is 13.3. The number of nitrogens with two attached hydrogens (primary N) is 1. The largest absolute Gasteiger partial charge is 0.390 e. The van der Waals surface area contributed by atoms with E-state index in [1.807, 2.05) is 48.5 Å². The van der Waals surface area contributed by atoms with E-state index in [0.29, 0.717) is 12.4 Å². The van der Waals surface area contributed by atoms with Crippen molar-refractivity contribution in [2.45, 2.75) is 6.54 Å². The molecule has 0 aliphatic carbocycles. The maximum Gasteiger partial charge on any atom is 0.156 e. The number of benzene rings is 3. The molecule has 3 nitrogen and oxygen atoms in total. The van der Waals surface area contributed by atoms with Crippen LogP contribution < -0.4 is 5.73 Å². The van der Waals surface area contributed by atoms with Crippen LogP contribution in [0.1, 0.15) is 11.1 Å². The molecule has 0 aliphatic heterocycles. The van der Waals surface area contributed by atoms with E-state index < -0.39 is 0 Å². The van der Waals surface area contributed by atoms with Crippen LogP contribution in [0.2, 0.25) is 0 Å². The molecule has 3 aromatic rings. The van der Waals surface area contributed by atoms with Gasteiger partial charge in [-0.25, -0.2) is 4.99 Å². The molecule has 0 amide bonds. The maximum absolute atomic E-state index is 5.45. The first-order chi connectivity index (χ1) is 11.9. The Bertz CT molecular complexity index is 820. The second-order valence-electron chi connectivity index (χ2n) is 5.35. The molecular weight excluding hydrogens is 294 g/mol. The predicted octanol–water partition coefficient (Wildman–Crippen LogP) is 4.29. The fourth-order valence-corrected chi connectivity index (χ4v) is 2.46. The van der Waals surface area contributed by atoms with Gasteiger partial charge in [-0.3, -0.25) is 4.99 Å². The van der Waals surface area contributed by atoms with Crippen LogP contribution in [0.3, 0.4) is 0 Å². The molecule has 118 valence electrons. The molecule has 0 atom stereocenters. The van der Waals surface area contributed by atoms with Crippen molar-refractivity contribution in [1.29, 1.82) is 0 Å². The summed E-state index contributed by atoms with van der Waals surface area (Å²) < 4.78 is 0. The zero-order valence-electron chi connectivity index (χ0n) is 13.3. The lowest BCUT2D eigenvalue weighted by molar-refractivity contribution is 1.06. The Kier molecular flexibility index (Phi) is 5.15. The van der Waals surface area contributed by atoms with Crippen LogP contribution in [0.15, 0.2) is 94.9 Å². The standard InChI is InChI=1S/C21H19N3/c22-16-24-21(20-9-5-2-6-10-20)23-15-17-11-13-19(14-12-17)18-7-3-1-4-8-18/h1-14,16H,15H2,(H2,22,23,24). The molecule has 3 rings (SSSR count). The van der Waals surface area contributed by atoms with Gasteiger partial charge in [-0.05, 0) is 16.7 Å². The Morgan fingerprint density at radius 1 is 0.750 bits per heavy atom. The first kappa shape index (κ1) is 15.7. The third kappa shape index (κ3) is 3.96. The second-order valence-corrected chi connectivity index (χ2v) is 5.35. The molecule has 0 aromatic heterocycles. The summed E-state index contributed by atoms with van der Waals surface area (Å²) >= 11 is 0. The molecular formula is C21H19N3. The Morgan fingerprint density at radius 3 is 1.96 bits per heavy atom. The SMILES string of the molecule is NC=NC(=NCc1ccc(-c2ccccc2)cc1)c1ccccc1. The lowest BCUT2D eigenvalue weighted by Crippen LogP contribution is -2.02. The number of aliphatic imine (C=N–C) groups is 2. The van der Waals surface area contributed by atoms with Gasteiger partial charge in [-0.2, -0.15) is 0 Å². The van der Waals surface area contributed by atoms with E-state index in [1.165, 1.54) is 17.5 Å². The highest BCUT2D eigenvalue weighted by atomic mass is 14.9. The summed E-state index contributed by atoms with van der Waals surface area (Å²) in [5, 5.41) is 0. The van der Waals surface area contributed by atoms with E-state index in [9.17, 15) is 0 Å². The van der Waals surface area contributed by atoms with E-state index >= 15 is 0 Å². The fraction of sp³-hybridized carbons (Fsp3) is 0.0476. The summed E-state index contributed by atoms with van der Waals surface area (Å²) in [6, 6.07) is 28.6. The van der Waals surface area contributed by atoms with E-state index in [1.54, 1.807) is 0 Å². The molecule has 0 heterocycles. The van der Waals surface area contributed by atoms with Crippen LogP contribution in [0.5, 0.6) is 0 Å². The number of rotatable bonds is 4. The molecule has 2 N–H and O–H groups in total. The van der Waals surface area contributed by atoms with E-state index in [2.05, 4.69) is 46.4 Å². The lowest BCUT2D eigenvalue weighted by Gasteiger charge is -2.04. The predicted molar refractivity (Wildman–Crippen MR) is 101 cm³/mol. The minimum Gasteiger partial charge on any atom is -0.390 e. The molecule has 3 aromatic carbocycles. The Labute approximate surface area is 142 Å². The smallest absolute Gasteiger partial charge is 0.156 e. The number of amidine groups is 1. The second kappa shape index (κ2) is 7.88. The average molecular weight is 313 g/mol. The van der Waals surface area contributed by atoms with Crippen LogP contribution in [-0.4, -0.2) is 12.2 Å². The molecule has 0 unspecified atom stereocenters. The Morgan fingerprint density at radius 2 is 1.33 bits per heavy atom. The van der Waals surface area contributed by atoms with Crippen molar-refractivity contribution < 1.29 is 0 Å². The lowest BCUT2D eigenvalue weighted by atomic mass is 10.0. The summed E-state index contributed by atoms with van der Waals surface area (Å²) in [6.45, 7) is 0.566. The fourth-order valence-electron chi connectivity index (χ4n) is 2.46. The van der Waals surface area contributed by atoms with E-state index in [4.69, 9.17) is 5.73 Å². The molecule has 0 saturated heterocycles. The van der Waals surface area contributed by atoms with Crippen molar-refractivity contribution in [3.8, 4) is 11.1 Å². The van der Waals surface area contributed by atoms with Gasteiger partial charge in [-0.15, -0.1) is 0 Å². The molecule has 0 aliphatic rings. The van der Waals surface area contributed by atoms with E-state index in [0.717, 1.165) is 11.1 Å². The summed E-state index contributed by atoms with van der Waals surface area (Å²) in [5.41, 5.74) is 9.95. The molecule has 0 bridgehead atoms. The van der Waals surface area contributed by atoms with Crippen molar-refractivity contribution in [3.05, 3.63) is 96.1 Å². The third-order valence-electron chi connectivity index (χ3n) is 3.70. The van der Waals surface area contributed by atoms with Gasteiger partial charge in [-0.1, -0.05) is 84.9 Å². The van der Waals surface area contributed by atoms with Gasteiger partial charge < -0.3 is 5.73 Å². The van der Waals surface area contributed by atoms with Crippen molar-refractivity contribution in [3.63, 3.8) is 0 Å². The molecule has 0 saturated carbocycles. The molecule has 3 heteroatoms. The first-order valence-electron chi connectivity index (χ1n) is 7.85. The first-order valence-corrected chi connectivity index (χ1v) is 7.85. The van der Waals surface area contributed by atoms with Crippen molar-refractivity contribution in [1.82, 2.24) is 0 Å². The average Bonchev–Trinajstić information content (AvgIpc) is 2.67. The number of nitrogens with zero attached hydrogens (tertiary/aromatic N) is 2. The number of hydrogen-bond donors (Lipinski definition) is 1. The Balaban J connectivity index is 1.78. The summed E-state index contributed by atoms with van der Waals surface area (Å²) in [4.78, 5) is 8.77. The van der Waals surface area contributed by atoms with Crippen LogP contribution in [0.25, 0.3) is 11.1 Å². The monoisotopic (exact) mass is 313 g/mol. The topological polar surface area (TPSA) is 50.7 Å². The van der Waals surface area contributed by atoms with Gasteiger partial charge in [0.25, 0.3) is 0 Å². The van der Waals surface area contributed by atoms with Crippen LogP contribution in [0.4, 0.5) is 0 Å². The minimum atomic E-state index is 0.566. The van der Waals surface area contributed by atoms with Gasteiger partial charge in [0, 0.05) is 5.56 Å². The van der Waals surface area contributed by atoms with Gasteiger partial charge in [0.2, 0.25) is 0 Å². The van der Waals surface area contributed by atoms with Crippen molar-refractivity contribution in [2.75, 3.05) is 0 Å². The summed E-state index contributed by atoms with van der Waals surface area (Å²) in [6.07, 6.45) is 1.28. The molecule has 24 heavy (non-hydrogen) atoms.